The first kappa shape index (κ1) is 13.1. The summed E-state index contributed by atoms with van der Waals surface area (Å²) in [7, 11) is 0. The highest BCUT2D eigenvalue weighted by molar-refractivity contribution is 5.96. The normalized spacial score (nSPS) is 17.7. The van der Waals surface area contributed by atoms with Gasteiger partial charge in [0.05, 0.1) is 6.04 Å². The molecule has 1 atom stereocenters. The van der Waals surface area contributed by atoms with Gasteiger partial charge >= 0.3 is 0 Å². The van der Waals surface area contributed by atoms with Crippen molar-refractivity contribution in [1.29, 1.82) is 0 Å². The lowest BCUT2D eigenvalue weighted by Crippen LogP contribution is -2.46. The van der Waals surface area contributed by atoms with Gasteiger partial charge in [0.15, 0.2) is 0 Å². The first-order valence-corrected chi connectivity index (χ1v) is 6.84. The molecule has 0 aromatic heterocycles. The van der Waals surface area contributed by atoms with Crippen LogP contribution in [0.4, 0.5) is 5.69 Å². The molecule has 18 heavy (non-hydrogen) atoms. The molecule has 1 saturated heterocycles. The number of likely N-dealkylation sites (N-methyl/N-ethyl adjacent to an activating group) is 1. The van der Waals surface area contributed by atoms with Crippen LogP contribution < -0.4 is 4.90 Å². The monoisotopic (exact) mass is 246 g/mol. The van der Waals surface area contributed by atoms with Crippen LogP contribution in [0.2, 0.25) is 0 Å². The molecule has 1 aliphatic heterocycles. The van der Waals surface area contributed by atoms with Crippen molar-refractivity contribution in [2.45, 2.75) is 32.7 Å². The van der Waals surface area contributed by atoms with Crippen molar-refractivity contribution in [3.8, 4) is 0 Å². The number of hydrogen-bond acceptors (Lipinski definition) is 2. The molecule has 1 aliphatic rings. The molecule has 1 aromatic carbocycles. The Morgan fingerprint density at radius 2 is 1.89 bits per heavy atom. The van der Waals surface area contributed by atoms with Crippen molar-refractivity contribution < 1.29 is 4.79 Å². The molecule has 3 nitrogen and oxygen atoms in total. The van der Waals surface area contributed by atoms with E-state index >= 15 is 0 Å². The van der Waals surface area contributed by atoms with E-state index in [-0.39, 0.29) is 11.9 Å². The van der Waals surface area contributed by atoms with Crippen LogP contribution in [-0.2, 0) is 4.79 Å². The Morgan fingerprint density at radius 1 is 1.28 bits per heavy atom. The molecule has 1 fully saturated rings. The lowest BCUT2D eigenvalue weighted by Gasteiger charge is -2.29. The average Bonchev–Trinajstić information content (AvgIpc) is 2.94. The molecule has 1 amide bonds. The predicted octanol–water partition coefficient (Wildman–Crippen LogP) is 2.52. The third-order valence-electron chi connectivity index (χ3n) is 3.70. The number of nitrogens with zero attached hydrogens (tertiary/aromatic N) is 2. The van der Waals surface area contributed by atoms with Crippen LogP contribution >= 0.6 is 0 Å². The van der Waals surface area contributed by atoms with Gasteiger partial charge in [-0.25, -0.2) is 0 Å². The summed E-state index contributed by atoms with van der Waals surface area (Å²) in [6, 6.07) is 9.92. The van der Waals surface area contributed by atoms with Gasteiger partial charge in [-0.3, -0.25) is 9.69 Å². The summed E-state index contributed by atoms with van der Waals surface area (Å²) < 4.78 is 0. The second kappa shape index (κ2) is 6.01. The molecule has 0 aliphatic carbocycles. The molecular formula is C15H22N2O. The highest BCUT2D eigenvalue weighted by Crippen LogP contribution is 2.18. The number of benzene rings is 1. The number of likely N-dealkylation sites (tertiary alicyclic amines) is 1. The van der Waals surface area contributed by atoms with Gasteiger partial charge in [-0.15, -0.1) is 0 Å². The Labute approximate surface area is 109 Å². The van der Waals surface area contributed by atoms with Crippen molar-refractivity contribution in [3.63, 3.8) is 0 Å². The fourth-order valence-electron chi connectivity index (χ4n) is 2.58. The molecule has 98 valence electrons. The van der Waals surface area contributed by atoms with E-state index in [9.17, 15) is 4.79 Å². The molecule has 3 heteroatoms. The van der Waals surface area contributed by atoms with E-state index in [0.717, 1.165) is 25.3 Å². The minimum Gasteiger partial charge on any atom is -0.311 e. The van der Waals surface area contributed by atoms with Gasteiger partial charge in [-0.05, 0) is 51.9 Å². The van der Waals surface area contributed by atoms with Gasteiger partial charge in [-0.2, -0.15) is 0 Å². The number of anilines is 1. The summed E-state index contributed by atoms with van der Waals surface area (Å²) >= 11 is 0. The van der Waals surface area contributed by atoms with Gasteiger partial charge in [0.1, 0.15) is 0 Å². The molecule has 2 rings (SSSR count). The lowest BCUT2D eigenvalue weighted by molar-refractivity contribution is -0.122. The van der Waals surface area contributed by atoms with Gasteiger partial charge in [0.2, 0.25) is 5.91 Å². The topological polar surface area (TPSA) is 23.6 Å². The summed E-state index contributed by atoms with van der Waals surface area (Å²) in [6.45, 7) is 6.89. The number of amides is 1. The maximum Gasteiger partial charge on any atom is 0.244 e. The van der Waals surface area contributed by atoms with E-state index in [1.54, 1.807) is 0 Å². The van der Waals surface area contributed by atoms with Crippen molar-refractivity contribution in [1.82, 2.24) is 4.90 Å². The van der Waals surface area contributed by atoms with Crippen LogP contribution in [0.3, 0.4) is 0 Å². The van der Waals surface area contributed by atoms with Gasteiger partial charge < -0.3 is 4.90 Å². The smallest absolute Gasteiger partial charge is 0.244 e. The minimum absolute atomic E-state index is 0.00680. The number of carbonyl (C=O) groups excluding carboxylic acids is 1. The Hall–Kier alpha value is -1.35. The van der Waals surface area contributed by atoms with Crippen molar-refractivity contribution in [3.05, 3.63) is 30.3 Å². The maximum absolute atomic E-state index is 12.5. The number of para-hydroxylation sites is 1. The molecule has 0 saturated carbocycles. The summed E-state index contributed by atoms with van der Waals surface area (Å²) in [5, 5.41) is 0. The number of rotatable bonds is 4. The third-order valence-corrected chi connectivity index (χ3v) is 3.70. The van der Waals surface area contributed by atoms with E-state index in [4.69, 9.17) is 0 Å². The Bertz CT molecular complexity index is 385. The molecule has 0 spiro atoms. The summed E-state index contributed by atoms with van der Waals surface area (Å²) in [5.41, 5.74) is 0.996. The zero-order chi connectivity index (χ0) is 13.0. The number of carbonyl (C=O) groups is 1. The number of hydrogen-bond donors (Lipinski definition) is 0. The SMILES string of the molecule is CCN(C(=O)[C@H](C)N1CCCC1)c1ccccc1. The van der Waals surface area contributed by atoms with Crippen LogP contribution in [0.15, 0.2) is 30.3 Å². The van der Waals surface area contributed by atoms with Gasteiger partial charge in [0, 0.05) is 12.2 Å². The van der Waals surface area contributed by atoms with Crippen molar-refractivity contribution in [2.24, 2.45) is 0 Å². The molecule has 1 heterocycles. The fraction of sp³-hybridized carbons (Fsp3) is 0.533. The van der Waals surface area contributed by atoms with Crippen LogP contribution in [0, 0.1) is 0 Å². The molecular weight excluding hydrogens is 224 g/mol. The first-order valence-electron chi connectivity index (χ1n) is 6.84. The van der Waals surface area contributed by atoms with E-state index in [0.29, 0.717) is 0 Å². The highest BCUT2D eigenvalue weighted by Gasteiger charge is 2.27. The average molecular weight is 246 g/mol. The van der Waals surface area contributed by atoms with Gasteiger partial charge in [-0.1, -0.05) is 18.2 Å². The Kier molecular flexibility index (Phi) is 4.37. The van der Waals surface area contributed by atoms with Crippen molar-refractivity contribution >= 4 is 11.6 Å². The van der Waals surface area contributed by atoms with Crippen LogP contribution in [0.25, 0.3) is 0 Å². The van der Waals surface area contributed by atoms with E-state index in [2.05, 4.69) is 4.90 Å². The second-order valence-corrected chi connectivity index (χ2v) is 4.84. The standard InChI is InChI=1S/C15H22N2O/c1-3-17(14-9-5-4-6-10-14)15(18)13(2)16-11-7-8-12-16/h4-6,9-10,13H,3,7-8,11-12H2,1-2H3/t13-/m0/s1. The van der Waals surface area contributed by atoms with Crippen LogP contribution in [-0.4, -0.2) is 36.5 Å². The van der Waals surface area contributed by atoms with Crippen molar-refractivity contribution in [2.75, 3.05) is 24.5 Å². The van der Waals surface area contributed by atoms with E-state index in [1.807, 2.05) is 49.1 Å². The molecule has 0 radical (unpaired) electrons. The third kappa shape index (κ3) is 2.72. The summed E-state index contributed by atoms with van der Waals surface area (Å²) in [4.78, 5) is 16.7. The highest BCUT2D eigenvalue weighted by atomic mass is 16.2. The predicted molar refractivity (Wildman–Crippen MR) is 74.7 cm³/mol. The maximum atomic E-state index is 12.5. The lowest BCUT2D eigenvalue weighted by atomic mass is 10.2. The Morgan fingerprint density at radius 3 is 2.44 bits per heavy atom. The zero-order valence-corrected chi connectivity index (χ0v) is 11.3. The first-order chi connectivity index (χ1) is 8.74. The quantitative estimate of drug-likeness (QED) is 0.815. The van der Waals surface area contributed by atoms with Gasteiger partial charge in [0.25, 0.3) is 0 Å². The molecule has 1 aromatic rings. The zero-order valence-electron chi connectivity index (χ0n) is 11.3. The minimum atomic E-state index is -0.00680. The Balaban J connectivity index is 2.10. The van der Waals surface area contributed by atoms with Crippen LogP contribution in [0.1, 0.15) is 26.7 Å². The van der Waals surface area contributed by atoms with E-state index < -0.39 is 0 Å². The summed E-state index contributed by atoms with van der Waals surface area (Å²) in [6.07, 6.45) is 2.43. The largest absolute Gasteiger partial charge is 0.311 e. The molecule has 0 bridgehead atoms. The molecule has 0 N–H and O–H groups in total. The van der Waals surface area contributed by atoms with E-state index in [1.165, 1.54) is 12.8 Å². The summed E-state index contributed by atoms with van der Waals surface area (Å²) in [5.74, 6) is 0.214. The molecule has 0 unspecified atom stereocenters. The second-order valence-electron chi connectivity index (χ2n) is 4.84. The fourth-order valence-corrected chi connectivity index (χ4v) is 2.58. The van der Waals surface area contributed by atoms with Crippen LogP contribution in [0.5, 0.6) is 0 Å².